The highest BCUT2D eigenvalue weighted by Gasteiger charge is 2.28. The maximum absolute atomic E-state index is 12.3. The van der Waals surface area contributed by atoms with E-state index in [1.54, 1.807) is 42.3 Å². The van der Waals surface area contributed by atoms with Gasteiger partial charge < -0.3 is 20.3 Å². The molecule has 1 atom stereocenters. The third-order valence-corrected chi connectivity index (χ3v) is 6.33. The van der Waals surface area contributed by atoms with Gasteiger partial charge in [-0.1, -0.05) is 23.7 Å². The minimum absolute atomic E-state index is 0.160. The molecule has 0 spiro atoms. The third kappa shape index (κ3) is 7.23. The number of halogens is 1. The first kappa shape index (κ1) is 27.9. The minimum Gasteiger partial charge on any atom is -0.444 e. The number of likely N-dealkylation sites (tertiary alicyclic amines) is 1. The molecular weight excluding hydrogens is 520 g/mol. The Bertz CT molecular complexity index is 1370. The van der Waals surface area contributed by atoms with Crippen LogP contribution in [0.3, 0.4) is 0 Å². The van der Waals surface area contributed by atoms with Crippen LogP contribution in [0.4, 0.5) is 16.4 Å². The lowest BCUT2D eigenvalue weighted by Crippen LogP contribution is -2.42. The fraction of sp³-hybridized carbons (Fsp3) is 0.407. The predicted molar refractivity (Wildman–Crippen MR) is 147 cm³/mol. The quantitative estimate of drug-likeness (QED) is 0.439. The van der Waals surface area contributed by atoms with Gasteiger partial charge in [0.05, 0.1) is 40.9 Å². The Morgan fingerprint density at radius 1 is 1.18 bits per heavy atom. The number of aromatic nitrogens is 4. The molecule has 39 heavy (non-hydrogen) atoms. The van der Waals surface area contributed by atoms with Gasteiger partial charge in [-0.3, -0.25) is 9.48 Å². The molecule has 1 saturated heterocycles. The average molecular weight is 551 g/mol. The van der Waals surface area contributed by atoms with Crippen LogP contribution in [-0.2, 0) is 4.74 Å². The highest BCUT2D eigenvalue weighted by Crippen LogP contribution is 2.28. The van der Waals surface area contributed by atoms with Gasteiger partial charge in [-0.2, -0.15) is 10.4 Å². The molecule has 204 valence electrons. The van der Waals surface area contributed by atoms with Crippen molar-refractivity contribution in [2.45, 2.75) is 58.2 Å². The molecule has 12 heteroatoms. The van der Waals surface area contributed by atoms with Gasteiger partial charge in [0.25, 0.3) is 5.91 Å². The minimum atomic E-state index is -0.587. The topological polar surface area (TPSA) is 138 Å². The summed E-state index contributed by atoms with van der Waals surface area (Å²) in [6.45, 7) is 8.40. The molecule has 1 aliphatic heterocycles. The molecule has 0 bridgehead atoms. The fourth-order valence-electron chi connectivity index (χ4n) is 4.09. The number of rotatable bonds is 6. The number of carbonyl (C=O) groups excluding carboxylic acids is 2. The summed E-state index contributed by atoms with van der Waals surface area (Å²) in [7, 11) is 0. The van der Waals surface area contributed by atoms with Crippen molar-refractivity contribution >= 4 is 35.2 Å². The molecule has 4 rings (SSSR count). The van der Waals surface area contributed by atoms with Crippen LogP contribution in [0.15, 0.2) is 42.9 Å². The van der Waals surface area contributed by atoms with Crippen LogP contribution in [0.25, 0.3) is 11.3 Å². The van der Waals surface area contributed by atoms with Crippen LogP contribution >= 0.6 is 11.6 Å². The summed E-state index contributed by atoms with van der Waals surface area (Å²) >= 11 is 6.38. The molecule has 1 fully saturated rings. The largest absolute Gasteiger partial charge is 0.444 e. The van der Waals surface area contributed by atoms with E-state index >= 15 is 0 Å². The Balaban J connectivity index is 1.39. The summed E-state index contributed by atoms with van der Waals surface area (Å²) in [5.41, 5.74) is 1.85. The van der Waals surface area contributed by atoms with Crippen molar-refractivity contribution in [3.63, 3.8) is 0 Å². The summed E-state index contributed by atoms with van der Waals surface area (Å²) in [6.07, 6.45) is 6.36. The molecular formula is C27H31ClN8O3. The summed E-state index contributed by atoms with van der Waals surface area (Å²) < 4.78 is 7.37. The number of hydrogen-bond acceptors (Lipinski definition) is 8. The van der Waals surface area contributed by atoms with E-state index in [-0.39, 0.29) is 18.0 Å². The lowest BCUT2D eigenvalue weighted by Gasteiger charge is -2.33. The number of piperidine rings is 1. The van der Waals surface area contributed by atoms with E-state index in [4.69, 9.17) is 21.6 Å². The van der Waals surface area contributed by atoms with Crippen molar-refractivity contribution < 1.29 is 14.3 Å². The van der Waals surface area contributed by atoms with Crippen LogP contribution in [0.2, 0.25) is 5.02 Å². The van der Waals surface area contributed by atoms with Crippen molar-refractivity contribution in [1.29, 1.82) is 5.26 Å². The van der Waals surface area contributed by atoms with Crippen molar-refractivity contribution in [2.75, 3.05) is 18.4 Å². The summed E-state index contributed by atoms with van der Waals surface area (Å²) in [5, 5.41) is 19.5. The van der Waals surface area contributed by atoms with E-state index in [1.165, 1.54) is 6.20 Å². The van der Waals surface area contributed by atoms with Crippen molar-refractivity contribution in [1.82, 2.24) is 30.0 Å². The van der Waals surface area contributed by atoms with E-state index < -0.39 is 11.6 Å². The highest BCUT2D eigenvalue weighted by molar-refractivity contribution is 6.32. The number of benzene rings is 1. The zero-order valence-electron chi connectivity index (χ0n) is 22.3. The molecule has 3 aromatic rings. The summed E-state index contributed by atoms with van der Waals surface area (Å²) in [5.74, 6) is 0.0117. The van der Waals surface area contributed by atoms with Crippen LogP contribution < -0.4 is 10.6 Å². The highest BCUT2D eigenvalue weighted by atomic mass is 35.5. The van der Waals surface area contributed by atoms with E-state index in [1.807, 2.05) is 37.7 Å². The van der Waals surface area contributed by atoms with Gasteiger partial charge in [-0.15, -0.1) is 0 Å². The first-order valence-corrected chi connectivity index (χ1v) is 13.0. The zero-order valence-corrected chi connectivity index (χ0v) is 23.1. The van der Waals surface area contributed by atoms with Crippen molar-refractivity contribution in [2.24, 2.45) is 0 Å². The molecule has 0 saturated carbocycles. The first-order chi connectivity index (χ1) is 18.5. The van der Waals surface area contributed by atoms with Gasteiger partial charge in [0.2, 0.25) is 5.95 Å². The maximum Gasteiger partial charge on any atom is 0.410 e. The molecule has 3 heterocycles. The van der Waals surface area contributed by atoms with Gasteiger partial charge in [-0.05, 0) is 52.7 Å². The second-order valence-electron chi connectivity index (χ2n) is 10.3. The fourth-order valence-corrected chi connectivity index (χ4v) is 4.29. The zero-order chi connectivity index (χ0) is 28.2. The molecule has 2 aromatic heterocycles. The molecule has 1 aromatic carbocycles. The van der Waals surface area contributed by atoms with Gasteiger partial charge in [-0.25, -0.2) is 14.8 Å². The van der Waals surface area contributed by atoms with E-state index in [0.717, 1.165) is 18.5 Å². The Morgan fingerprint density at radius 3 is 2.51 bits per heavy atom. The SMILES string of the molecule is CC(C#N)NC(=O)c1ccc(-c2nc(Nc3cnn(C4CCN(C(=O)OC(C)(C)C)CC4)c3)ncc2Cl)cc1. The van der Waals surface area contributed by atoms with Gasteiger partial charge in [0, 0.05) is 30.4 Å². The van der Waals surface area contributed by atoms with Crippen molar-refractivity contribution in [3.8, 4) is 17.3 Å². The van der Waals surface area contributed by atoms with Crippen LogP contribution in [0.5, 0.6) is 0 Å². The van der Waals surface area contributed by atoms with Crippen LogP contribution in [0, 0.1) is 11.3 Å². The standard InChI is InChI=1S/C27H31ClN8O3/c1-17(13-29)32-24(37)19-7-5-18(6-8-19)23-22(28)15-30-25(34-23)33-20-14-31-36(16-20)21-9-11-35(12-10-21)26(38)39-27(2,3)4/h5-8,14-17,21H,9-12H2,1-4H3,(H,32,37)(H,30,33,34). The van der Waals surface area contributed by atoms with Gasteiger partial charge in [0.1, 0.15) is 11.6 Å². The lowest BCUT2D eigenvalue weighted by molar-refractivity contribution is 0.0184. The number of amides is 2. The Labute approximate surface area is 232 Å². The predicted octanol–water partition coefficient (Wildman–Crippen LogP) is 4.95. The second-order valence-corrected chi connectivity index (χ2v) is 10.7. The number of carbonyl (C=O) groups is 2. The second kappa shape index (κ2) is 11.7. The normalized spacial score (nSPS) is 14.8. The van der Waals surface area contributed by atoms with Crippen molar-refractivity contribution in [3.05, 3.63) is 53.4 Å². The summed E-state index contributed by atoms with van der Waals surface area (Å²) in [6, 6.07) is 8.33. The molecule has 2 amide bonds. The monoisotopic (exact) mass is 550 g/mol. The number of ether oxygens (including phenoxy) is 1. The van der Waals surface area contributed by atoms with Crippen LogP contribution in [-0.4, -0.2) is 61.4 Å². The van der Waals surface area contributed by atoms with E-state index in [0.29, 0.717) is 40.9 Å². The van der Waals surface area contributed by atoms with Gasteiger partial charge >= 0.3 is 6.09 Å². The Hall–Kier alpha value is -4.17. The first-order valence-electron chi connectivity index (χ1n) is 12.6. The average Bonchev–Trinajstić information content (AvgIpc) is 3.37. The number of nitrogens with one attached hydrogen (secondary N) is 2. The van der Waals surface area contributed by atoms with E-state index in [9.17, 15) is 9.59 Å². The number of nitriles is 1. The van der Waals surface area contributed by atoms with E-state index in [2.05, 4.69) is 25.7 Å². The Morgan fingerprint density at radius 2 is 1.87 bits per heavy atom. The molecule has 1 aliphatic rings. The number of hydrogen-bond donors (Lipinski definition) is 2. The Kier molecular flexibility index (Phi) is 8.35. The molecule has 0 radical (unpaired) electrons. The lowest BCUT2D eigenvalue weighted by atomic mass is 10.1. The van der Waals surface area contributed by atoms with Crippen LogP contribution in [0.1, 0.15) is 56.9 Å². The number of nitrogens with zero attached hydrogens (tertiary/aromatic N) is 6. The molecule has 0 aliphatic carbocycles. The third-order valence-electron chi connectivity index (χ3n) is 6.05. The molecule has 2 N–H and O–H groups in total. The smallest absolute Gasteiger partial charge is 0.410 e. The summed E-state index contributed by atoms with van der Waals surface area (Å²) in [4.78, 5) is 35.2. The maximum atomic E-state index is 12.3. The number of anilines is 2. The van der Waals surface area contributed by atoms with Gasteiger partial charge in [0.15, 0.2) is 0 Å². The molecule has 1 unspecified atom stereocenters. The molecule has 11 nitrogen and oxygen atoms in total.